The molecule has 0 aromatic heterocycles. The number of carbonyl (C=O) groups excluding carboxylic acids is 1. The Labute approximate surface area is 120 Å². The summed E-state index contributed by atoms with van der Waals surface area (Å²) in [5, 5.41) is 0. The van der Waals surface area contributed by atoms with E-state index in [1.165, 1.54) is 16.7 Å². The SMILES string of the molecule is COc1cc2c(cc1C(C)C)C=C1C(=O)CCC[C@]12C. The zero-order chi connectivity index (χ0) is 14.5. The van der Waals surface area contributed by atoms with Gasteiger partial charge in [0, 0.05) is 17.4 Å². The van der Waals surface area contributed by atoms with Gasteiger partial charge in [0.05, 0.1) is 7.11 Å². The predicted octanol–water partition coefficient (Wildman–Crippen LogP) is 4.23. The van der Waals surface area contributed by atoms with Crippen molar-refractivity contribution in [3.63, 3.8) is 0 Å². The van der Waals surface area contributed by atoms with Crippen molar-refractivity contribution in [2.45, 2.75) is 51.4 Å². The van der Waals surface area contributed by atoms with Crippen LogP contribution >= 0.6 is 0 Å². The lowest BCUT2D eigenvalue weighted by molar-refractivity contribution is -0.117. The number of rotatable bonds is 2. The number of ether oxygens (including phenoxy) is 1. The van der Waals surface area contributed by atoms with Crippen LogP contribution in [-0.2, 0) is 10.2 Å². The Morgan fingerprint density at radius 3 is 2.70 bits per heavy atom. The molecule has 0 spiro atoms. The quantitative estimate of drug-likeness (QED) is 0.804. The molecule has 2 aliphatic rings. The molecule has 3 rings (SSSR count). The number of carbonyl (C=O) groups is 1. The highest BCUT2D eigenvalue weighted by Gasteiger charge is 2.43. The van der Waals surface area contributed by atoms with Crippen LogP contribution < -0.4 is 4.74 Å². The summed E-state index contributed by atoms with van der Waals surface area (Å²) in [7, 11) is 1.73. The van der Waals surface area contributed by atoms with E-state index in [1.807, 2.05) is 0 Å². The lowest BCUT2D eigenvalue weighted by Crippen LogP contribution is -2.30. The Kier molecular flexibility index (Phi) is 3.00. The molecular weight excluding hydrogens is 248 g/mol. The fourth-order valence-corrected chi connectivity index (χ4v) is 3.69. The standard InChI is InChI=1S/C18H22O2/c1-11(2)13-8-12-9-15-16(19)6-5-7-18(15,3)14(12)10-17(13)20-4/h8-11H,5-7H2,1-4H3/t18-/m0/s1. The zero-order valence-electron chi connectivity index (χ0n) is 12.7. The van der Waals surface area contributed by atoms with E-state index < -0.39 is 0 Å². The van der Waals surface area contributed by atoms with Crippen molar-refractivity contribution in [1.29, 1.82) is 0 Å². The maximum Gasteiger partial charge on any atom is 0.159 e. The first-order valence-electron chi connectivity index (χ1n) is 7.45. The Morgan fingerprint density at radius 1 is 1.30 bits per heavy atom. The number of methoxy groups -OCH3 is 1. The van der Waals surface area contributed by atoms with Gasteiger partial charge in [0.2, 0.25) is 0 Å². The van der Waals surface area contributed by atoms with E-state index in [1.54, 1.807) is 7.11 Å². The summed E-state index contributed by atoms with van der Waals surface area (Å²) in [5.74, 6) is 1.69. The maximum absolute atomic E-state index is 12.2. The first-order chi connectivity index (χ1) is 9.47. The van der Waals surface area contributed by atoms with Crippen molar-refractivity contribution >= 4 is 11.9 Å². The van der Waals surface area contributed by atoms with Gasteiger partial charge < -0.3 is 4.74 Å². The van der Waals surface area contributed by atoms with Crippen LogP contribution in [0.2, 0.25) is 0 Å². The van der Waals surface area contributed by atoms with E-state index >= 15 is 0 Å². The van der Waals surface area contributed by atoms with Crippen LogP contribution in [0.3, 0.4) is 0 Å². The Hall–Kier alpha value is -1.57. The van der Waals surface area contributed by atoms with Gasteiger partial charge in [0.25, 0.3) is 0 Å². The van der Waals surface area contributed by atoms with Crippen LogP contribution in [0.15, 0.2) is 17.7 Å². The topological polar surface area (TPSA) is 26.3 Å². The summed E-state index contributed by atoms with van der Waals surface area (Å²) < 4.78 is 5.58. The van der Waals surface area contributed by atoms with Crippen LogP contribution in [0.1, 0.15) is 62.6 Å². The maximum atomic E-state index is 12.2. The average molecular weight is 270 g/mol. The third-order valence-electron chi connectivity index (χ3n) is 4.89. The number of hydrogen-bond donors (Lipinski definition) is 0. The molecule has 1 atom stereocenters. The van der Waals surface area contributed by atoms with E-state index in [-0.39, 0.29) is 5.41 Å². The van der Waals surface area contributed by atoms with Crippen LogP contribution in [0.4, 0.5) is 0 Å². The van der Waals surface area contributed by atoms with Crippen LogP contribution in [0.25, 0.3) is 6.08 Å². The second-order valence-electron chi connectivity index (χ2n) is 6.50. The number of allylic oxidation sites excluding steroid dienone is 1. The molecule has 0 radical (unpaired) electrons. The summed E-state index contributed by atoms with van der Waals surface area (Å²) in [6.07, 6.45) is 4.86. The van der Waals surface area contributed by atoms with Gasteiger partial charge >= 0.3 is 0 Å². The van der Waals surface area contributed by atoms with Crippen molar-refractivity contribution in [2.75, 3.05) is 7.11 Å². The van der Waals surface area contributed by atoms with Gasteiger partial charge in [-0.2, -0.15) is 0 Å². The lowest BCUT2D eigenvalue weighted by atomic mass is 9.69. The van der Waals surface area contributed by atoms with Gasteiger partial charge in [-0.25, -0.2) is 0 Å². The average Bonchev–Trinajstić information content (AvgIpc) is 2.71. The van der Waals surface area contributed by atoms with Crippen molar-refractivity contribution < 1.29 is 9.53 Å². The van der Waals surface area contributed by atoms with E-state index in [0.717, 1.165) is 24.2 Å². The molecular formula is C18H22O2. The lowest BCUT2D eigenvalue weighted by Gasteiger charge is -2.33. The largest absolute Gasteiger partial charge is 0.496 e. The molecule has 0 heterocycles. The Morgan fingerprint density at radius 2 is 2.05 bits per heavy atom. The molecule has 20 heavy (non-hydrogen) atoms. The molecule has 0 amide bonds. The van der Waals surface area contributed by atoms with Gasteiger partial charge in [-0.3, -0.25) is 4.79 Å². The molecule has 0 bridgehead atoms. The van der Waals surface area contributed by atoms with Gasteiger partial charge in [0.15, 0.2) is 5.78 Å². The fourth-order valence-electron chi connectivity index (χ4n) is 3.69. The molecule has 1 aromatic rings. The highest BCUT2D eigenvalue weighted by atomic mass is 16.5. The van der Waals surface area contributed by atoms with Gasteiger partial charge in [-0.15, -0.1) is 0 Å². The fraction of sp³-hybridized carbons (Fsp3) is 0.500. The monoisotopic (exact) mass is 270 g/mol. The smallest absolute Gasteiger partial charge is 0.159 e. The first kappa shape index (κ1) is 13.4. The Bertz CT molecular complexity index is 610. The van der Waals surface area contributed by atoms with Crippen molar-refractivity contribution in [3.8, 4) is 5.75 Å². The van der Waals surface area contributed by atoms with Crippen molar-refractivity contribution in [2.24, 2.45) is 0 Å². The summed E-state index contributed by atoms with van der Waals surface area (Å²) in [6, 6.07) is 4.37. The number of hydrogen-bond acceptors (Lipinski definition) is 2. The normalized spacial score (nSPS) is 24.4. The number of Topliss-reactive ketones (excluding diaryl/α,β-unsaturated/α-hetero) is 1. The minimum atomic E-state index is -0.104. The third-order valence-corrected chi connectivity index (χ3v) is 4.89. The first-order valence-corrected chi connectivity index (χ1v) is 7.45. The van der Waals surface area contributed by atoms with Crippen molar-refractivity contribution in [3.05, 3.63) is 34.4 Å². The van der Waals surface area contributed by atoms with Crippen LogP contribution in [-0.4, -0.2) is 12.9 Å². The molecule has 2 heteroatoms. The van der Waals surface area contributed by atoms with Gasteiger partial charge in [-0.05, 0) is 53.7 Å². The Balaban J connectivity index is 2.19. The van der Waals surface area contributed by atoms with Gasteiger partial charge in [-0.1, -0.05) is 20.8 Å². The highest BCUT2D eigenvalue weighted by molar-refractivity contribution is 6.05. The van der Waals surface area contributed by atoms with Crippen LogP contribution in [0.5, 0.6) is 5.75 Å². The number of benzene rings is 1. The number of fused-ring (bicyclic) bond motifs is 3. The minimum Gasteiger partial charge on any atom is -0.496 e. The second-order valence-corrected chi connectivity index (χ2v) is 6.50. The van der Waals surface area contributed by atoms with E-state index in [9.17, 15) is 4.79 Å². The molecule has 0 unspecified atom stereocenters. The molecule has 0 N–H and O–H groups in total. The van der Waals surface area contributed by atoms with Crippen LogP contribution in [0, 0.1) is 0 Å². The van der Waals surface area contributed by atoms with E-state index in [2.05, 4.69) is 39.0 Å². The summed E-state index contributed by atoms with van der Waals surface area (Å²) in [5.41, 5.74) is 4.59. The molecule has 1 aromatic carbocycles. The summed E-state index contributed by atoms with van der Waals surface area (Å²) in [4.78, 5) is 12.2. The number of ketones is 1. The molecule has 1 saturated carbocycles. The third kappa shape index (κ3) is 1.74. The predicted molar refractivity (Wildman–Crippen MR) is 81.3 cm³/mol. The van der Waals surface area contributed by atoms with E-state index in [0.29, 0.717) is 18.1 Å². The molecule has 0 saturated heterocycles. The molecule has 1 fully saturated rings. The molecule has 2 aliphatic carbocycles. The zero-order valence-corrected chi connectivity index (χ0v) is 12.7. The van der Waals surface area contributed by atoms with E-state index in [4.69, 9.17) is 4.74 Å². The molecule has 0 aliphatic heterocycles. The minimum absolute atomic E-state index is 0.104. The second kappa shape index (κ2) is 4.47. The van der Waals surface area contributed by atoms with Crippen molar-refractivity contribution in [1.82, 2.24) is 0 Å². The summed E-state index contributed by atoms with van der Waals surface area (Å²) >= 11 is 0. The van der Waals surface area contributed by atoms with Gasteiger partial charge in [0.1, 0.15) is 5.75 Å². The molecule has 2 nitrogen and oxygen atoms in total. The molecule has 106 valence electrons. The summed E-state index contributed by atoms with van der Waals surface area (Å²) in [6.45, 7) is 6.55. The highest BCUT2D eigenvalue weighted by Crippen LogP contribution is 2.50.